The van der Waals surface area contributed by atoms with Crippen molar-refractivity contribution in [3.63, 3.8) is 0 Å². The van der Waals surface area contributed by atoms with E-state index in [4.69, 9.17) is 16.7 Å². The van der Waals surface area contributed by atoms with E-state index in [-0.39, 0.29) is 0 Å². The Kier molecular flexibility index (Phi) is 5.49. The van der Waals surface area contributed by atoms with E-state index in [0.717, 1.165) is 59.0 Å². The molecule has 0 aliphatic carbocycles. The summed E-state index contributed by atoms with van der Waals surface area (Å²) in [7, 11) is 0. The molecule has 0 bridgehead atoms. The minimum atomic E-state index is 0.299. The minimum absolute atomic E-state index is 0.299. The number of piperidine rings is 1. The summed E-state index contributed by atoms with van der Waals surface area (Å²) < 4.78 is 1.81. The summed E-state index contributed by atoms with van der Waals surface area (Å²) in [5.41, 5.74) is 6.18. The van der Waals surface area contributed by atoms with Crippen LogP contribution in [0.15, 0.2) is 24.8 Å². The molecule has 5 rings (SSSR count). The van der Waals surface area contributed by atoms with Crippen molar-refractivity contribution in [1.82, 2.24) is 34.7 Å². The Hall–Kier alpha value is -3.09. The highest BCUT2D eigenvalue weighted by Gasteiger charge is 2.26. The Bertz CT molecular complexity index is 1280. The molecule has 1 N–H and O–H groups in total. The second kappa shape index (κ2) is 8.45. The Balaban J connectivity index is 1.46. The minimum Gasteiger partial charge on any atom is -0.299 e. The van der Waals surface area contributed by atoms with Crippen molar-refractivity contribution in [2.24, 2.45) is 0 Å². The Labute approximate surface area is 191 Å². The van der Waals surface area contributed by atoms with Crippen molar-refractivity contribution >= 4 is 17.0 Å². The van der Waals surface area contributed by atoms with Crippen LogP contribution in [0.4, 0.5) is 0 Å². The van der Waals surface area contributed by atoms with Crippen molar-refractivity contribution in [1.29, 1.82) is 0 Å². The zero-order valence-corrected chi connectivity index (χ0v) is 19.4. The zero-order chi connectivity index (χ0) is 22.2. The molecule has 1 fully saturated rings. The molecule has 1 saturated heterocycles. The van der Waals surface area contributed by atoms with Crippen LogP contribution in [-0.4, -0.2) is 54.4 Å². The van der Waals surface area contributed by atoms with Crippen LogP contribution in [0.3, 0.4) is 0 Å². The third-order valence-corrected chi connectivity index (χ3v) is 7.37. The molecule has 164 valence electrons. The summed E-state index contributed by atoms with van der Waals surface area (Å²) >= 11 is 1.77. The average molecular weight is 447 g/mol. The lowest BCUT2D eigenvalue weighted by molar-refractivity contribution is 0.231. The highest BCUT2D eigenvalue weighted by atomic mass is 32.1. The first kappa shape index (κ1) is 20.8. The molecule has 8 nitrogen and oxygen atoms in total. The number of nitrogens with one attached hydrogen (secondary N) is 1. The lowest BCUT2D eigenvalue weighted by Gasteiger charge is -2.27. The number of hydrogen-bond donors (Lipinski definition) is 1. The van der Waals surface area contributed by atoms with Gasteiger partial charge in [-0.2, -0.15) is 10.2 Å². The monoisotopic (exact) mass is 446 g/mol. The Morgan fingerprint density at radius 3 is 2.84 bits per heavy atom. The SMILES string of the molecule is [C-]#[N+]CN1CCC(c2ncc(-c3[nH]nc(-c4cc(C)c5ncnn5c4)c3C(C)C)s2)CC1. The maximum absolute atomic E-state index is 7.07. The van der Waals surface area contributed by atoms with Gasteiger partial charge in [-0.15, -0.1) is 11.3 Å². The fraction of sp³-hybridized carbons (Fsp3) is 0.435. The van der Waals surface area contributed by atoms with E-state index in [1.54, 1.807) is 17.7 Å². The van der Waals surface area contributed by atoms with E-state index >= 15 is 0 Å². The van der Waals surface area contributed by atoms with Crippen LogP contribution in [0.2, 0.25) is 0 Å². The molecule has 1 aliphatic rings. The summed E-state index contributed by atoms with van der Waals surface area (Å²) in [5, 5.41) is 13.5. The van der Waals surface area contributed by atoms with Crippen LogP contribution >= 0.6 is 11.3 Å². The molecule has 0 spiro atoms. The maximum atomic E-state index is 7.07. The van der Waals surface area contributed by atoms with Crippen LogP contribution < -0.4 is 0 Å². The topological polar surface area (TPSA) is 79.4 Å². The van der Waals surface area contributed by atoms with Gasteiger partial charge in [-0.05, 0) is 37.3 Å². The zero-order valence-electron chi connectivity index (χ0n) is 18.5. The van der Waals surface area contributed by atoms with Crippen molar-refractivity contribution in [3.8, 4) is 21.8 Å². The highest BCUT2D eigenvalue weighted by molar-refractivity contribution is 7.15. The van der Waals surface area contributed by atoms with E-state index in [2.05, 4.69) is 51.8 Å². The van der Waals surface area contributed by atoms with Crippen molar-refractivity contribution in [2.45, 2.75) is 45.4 Å². The van der Waals surface area contributed by atoms with Gasteiger partial charge in [0.25, 0.3) is 6.67 Å². The molecule has 4 aromatic rings. The van der Waals surface area contributed by atoms with Crippen LogP contribution in [0.25, 0.3) is 32.3 Å². The molecule has 5 heterocycles. The van der Waals surface area contributed by atoms with Gasteiger partial charge in [-0.1, -0.05) is 13.8 Å². The summed E-state index contributed by atoms with van der Waals surface area (Å²) in [4.78, 5) is 16.0. The molecule has 0 unspecified atom stereocenters. The number of hydrogen-bond acceptors (Lipinski definition) is 6. The number of aryl methyl sites for hydroxylation is 1. The molecule has 0 atom stereocenters. The van der Waals surface area contributed by atoms with E-state index in [0.29, 0.717) is 18.5 Å². The molecular formula is C23H26N8S. The molecular weight excluding hydrogens is 420 g/mol. The number of aromatic amines is 1. The lowest BCUT2D eigenvalue weighted by atomic mass is 9.96. The third-order valence-electron chi connectivity index (χ3n) is 6.19. The van der Waals surface area contributed by atoms with Crippen LogP contribution in [0, 0.1) is 13.5 Å². The number of aromatic nitrogens is 6. The van der Waals surface area contributed by atoms with E-state index in [1.165, 1.54) is 10.6 Å². The Morgan fingerprint density at radius 2 is 2.09 bits per heavy atom. The lowest BCUT2D eigenvalue weighted by Crippen LogP contribution is -2.32. The van der Waals surface area contributed by atoms with Crippen LogP contribution in [0.5, 0.6) is 0 Å². The van der Waals surface area contributed by atoms with Gasteiger partial charge in [0.15, 0.2) is 5.65 Å². The van der Waals surface area contributed by atoms with Gasteiger partial charge in [-0.3, -0.25) is 9.94 Å². The number of thiazole rings is 1. The third kappa shape index (κ3) is 3.70. The summed E-state index contributed by atoms with van der Waals surface area (Å²) in [6.45, 7) is 16.0. The molecule has 9 heteroatoms. The van der Waals surface area contributed by atoms with Gasteiger partial charge < -0.3 is 0 Å². The molecule has 0 saturated carbocycles. The molecule has 4 aromatic heterocycles. The second-order valence-corrected chi connectivity index (χ2v) is 9.77. The molecule has 1 aliphatic heterocycles. The smallest absolute Gasteiger partial charge is 0.270 e. The van der Waals surface area contributed by atoms with Gasteiger partial charge in [0.05, 0.1) is 21.3 Å². The standard InChI is InChI=1S/C23H26N8S/c1-14(2)19-20(17-9-15(3)22-26-12-27-31(22)11-17)28-29-21(19)18-10-25-23(32-18)16-5-7-30(8-6-16)13-24-4/h9-12,14,16H,5-8,13H2,1-3H3,(H,28,29). The number of likely N-dealkylation sites (tertiary alicyclic amines) is 1. The van der Waals surface area contributed by atoms with Crippen LogP contribution in [0.1, 0.15) is 54.7 Å². The van der Waals surface area contributed by atoms with Gasteiger partial charge in [0, 0.05) is 42.5 Å². The maximum Gasteiger partial charge on any atom is 0.270 e. The summed E-state index contributed by atoms with van der Waals surface area (Å²) in [6.07, 6.45) is 7.68. The predicted molar refractivity (Wildman–Crippen MR) is 126 cm³/mol. The van der Waals surface area contributed by atoms with Crippen LogP contribution in [-0.2, 0) is 0 Å². The van der Waals surface area contributed by atoms with Crippen molar-refractivity contribution in [3.05, 3.63) is 52.3 Å². The summed E-state index contributed by atoms with van der Waals surface area (Å²) in [6, 6.07) is 2.13. The first-order valence-corrected chi connectivity index (χ1v) is 11.8. The largest absolute Gasteiger partial charge is 0.299 e. The number of rotatable bonds is 5. The number of nitrogens with zero attached hydrogens (tertiary/aromatic N) is 7. The average Bonchev–Trinajstić information content (AvgIpc) is 3.52. The normalized spacial score (nSPS) is 15.6. The first-order valence-electron chi connectivity index (χ1n) is 11.0. The first-order chi connectivity index (χ1) is 15.5. The number of H-pyrrole nitrogens is 1. The van der Waals surface area contributed by atoms with E-state index in [1.807, 2.05) is 16.9 Å². The van der Waals surface area contributed by atoms with E-state index < -0.39 is 0 Å². The molecule has 0 aromatic carbocycles. The van der Waals surface area contributed by atoms with Gasteiger partial charge in [-0.25, -0.2) is 26.0 Å². The van der Waals surface area contributed by atoms with Gasteiger partial charge >= 0.3 is 0 Å². The quantitative estimate of drug-likeness (QED) is 0.448. The number of fused-ring (bicyclic) bond motifs is 1. The summed E-state index contributed by atoms with van der Waals surface area (Å²) in [5.74, 6) is 0.769. The second-order valence-electron chi connectivity index (χ2n) is 8.71. The molecule has 32 heavy (non-hydrogen) atoms. The molecule has 0 amide bonds. The molecule has 0 radical (unpaired) electrons. The highest BCUT2D eigenvalue weighted by Crippen LogP contribution is 2.40. The van der Waals surface area contributed by atoms with Gasteiger partial charge in [0.2, 0.25) is 0 Å². The van der Waals surface area contributed by atoms with E-state index in [9.17, 15) is 0 Å². The Morgan fingerprint density at radius 1 is 1.28 bits per heavy atom. The fourth-order valence-electron chi connectivity index (χ4n) is 4.56. The van der Waals surface area contributed by atoms with Gasteiger partial charge in [0.1, 0.15) is 6.33 Å². The van der Waals surface area contributed by atoms with Crippen molar-refractivity contribution in [2.75, 3.05) is 19.8 Å². The van der Waals surface area contributed by atoms with Crippen molar-refractivity contribution < 1.29 is 0 Å². The predicted octanol–water partition coefficient (Wildman–Crippen LogP) is 4.73. The number of pyridine rings is 1. The fourth-order valence-corrected chi connectivity index (χ4v) is 5.65.